The van der Waals surface area contributed by atoms with Gasteiger partial charge in [0.25, 0.3) is 0 Å². The SMILES string of the molecule is CCCN(C(=O)NC1CCCC1)C1(CN)CCCC1. The monoisotopic (exact) mass is 267 g/mol. The molecule has 0 spiro atoms. The minimum Gasteiger partial charge on any atom is -0.335 e. The van der Waals surface area contributed by atoms with Crippen molar-refractivity contribution in [2.24, 2.45) is 5.73 Å². The first-order chi connectivity index (χ1) is 9.22. The van der Waals surface area contributed by atoms with E-state index in [2.05, 4.69) is 17.1 Å². The summed E-state index contributed by atoms with van der Waals surface area (Å²) >= 11 is 0. The lowest BCUT2D eigenvalue weighted by atomic mass is 9.95. The Morgan fingerprint density at radius 1 is 1.26 bits per heavy atom. The van der Waals surface area contributed by atoms with Crippen LogP contribution >= 0.6 is 0 Å². The van der Waals surface area contributed by atoms with Crippen LogP contribution in [0.4, 0.5) is 4.79 Å². The fourth-order valence-electron chi connectivity index (χ4n) is 3.72. The van der Waals surface area contributed by atoms with Gasteiger partial charge >= 0.3 is 6.03 Å². The molecule has 2 amide bonds. The predicted molar refractivity (Wildman–Crippen MR) is 78.0 cm³/mol. The van der Waals surface area contributed by atoms with E-state index >= 15 is 0 Å². The third-order valence-corrected chi connectivity index (χ3v) is 4.86. The lowest BCUT2D eigenvalue weighted by molar-refractivity contribution is 0.117. The molecule has 0 aliphatic heterocycles. The second kappa shape index (κ2) is 6.60. The highest BCUT2D eigenvalue weighted by Crippen LogP contribution is 2.35. The molecule has 0 aromatic heterocycles. The van der Waals surface area contributed by atoms with Crippen molar-refractivity contribution < 1.29 is 4.79 Å². The fraction of sp³-hybridized carbons (Fsp3) is 0.933. The van der Waals surface area contributed by atoms with Gasteiger partial charge in [0.05, 0.1) is 5.54 Å². The molecule has 4 heteroatoms. The topological polar surface area (TPSA) is 58.4 Å². The smallest absolute Gasteiger partial charge is 0.318 e. The van der Waals surface area contributed by atoms with Crippen molar-refractivity contribution in [2.45, 2.75) is 76.3 Å². The Kier molecular flexibility index (Phi) is 5.08. The molecular formula is C15H29N3O. The maximum Gasteiger partial charge on any atom is 0.318 e. The van der Waals surface area contributed by atoms with E-state index in [4.69, 9.17) is 5.73 Å². The Morgan fingerprint density at radius 3 is 2.42 bits per heavy atom. The van der Waals surface area contributed by atoms with Crippen LogP contribution in [0, 0.1) is 0 Å². The first-order valence-electron chi connectivity index (χ1n) is 8.00. The van der Waals surface area contributed by atoms with E-state index in [1.54, 1.807) is 0 Å². The molecule has 0 unspecified atom stereocenters. The van der Waals surface area contributed by atoms with E-state index in [1.165, 1.54) is 25.7 Å². The summed E-state index contributed by atoms with van der Waals surface area (Å²) in [6.45, 7) is 3.57. The number of amides is 2. The summed E-state index contributed by atoms with van der Waals surface area (Å²) in [5, 5.41) is 3.23. The van der Waals surface area contributed by atoms with Crippen LogP contribution in [-0.2, 0) is 0 Å². The molecule has 3 N–H and O–H groups in total. The molecule has 2 rings (SSSR count). The van der Waals surface area contributed by atoms with Crippen molar-refractivity contribution in [3.05, 3.63) is 0 Å². The van der Waals surface area contributed by atoms with Crippen molar-refractivity contribution in [1.82, 2.24) is 10.2 Å². The van der Waals surface area contributed by atoms with Crippen LogP contribution in [-0.4, -0.2) is 35.6 Å². The summed E-state index contributed by atoms with van der Waals surface area (Å²) in [6.07, 6.45) is 10.3. The summed E-state index contributed by atoms with van der Waals surface area (Å²) < 4.78 is 0. The van der Waals surface area contributed by atoms with Crippen LogP contribution in [0.15, 0.2) is 0 Å². The molecule has 2 aliphatic carbocycles. The first kappa shape index (κ1) is 14.6. The molecule has 0 bridgehead atoms. The molecule has 2 aliphatic rings. The number of urea groups is 1. The van der Waals surface area contributed by atoms with Gasteiger partial charge in [0.2, 0.25) is 0 Å². The van der Waals surface area contributed by atoms with E-state index < -0.39 is 0 Å². The molecule has 0 aromatic carbocycles. The molecule has 0 saturated heterocycles. The molecule has 0 heterocycles. The Morgan fingerprint density at radius 2 is 1.89 bits per heavy atom. The number of carbonyl (C=O) groups is 1. The van der Waals surface area contributed by atoms with Gasteiger partial charge in [0.15, 0.2) is 0 Å². The largest absolute Gasteiger partial charge is 0.335 e. The van der Waals surface area contributed by atoms with Gasteiger partial charge in [-0.1, -0.05) is 32.6 Å². The number of carbonyl (C=O) groups excluding carboxylic acids is 1. The summed E-state index contributed by atoms with van der Waals surface area (Å²) in [7, 11) is 0. The summed E-state index contributed by atoms with van der Waals surface area (Å²) in [4.78, 5) is 14.7. The van der Waals surface area contributed by atoms with Gasteiger partial charge in [0.1, 0.15) is 0 Å². The number of nitrogens with two attached hydrogens (primary N) is 1. The normalized spacial score (nSPS) is 22.6. The van der Waals surface area contributed by atoms with Crippen LogP contribution in [0.5, 0.6) is 0 Å². The molecule has 0 radical (unpaired) electrons. The zero-order valence-corrected chi connectivity index (χ0v) is 12.3. The van der Waals surface area contributed by atoms with Crippen molar-refractivity contribution in [3.8, 4) is 0 Å². The quantitative estimate of drug-likeness (QED) is 0.804. The first-order valence-corrected chi connectivity index (χ1v) is 8.00. The molecule has 2 saturated carbocycles. The Hall–Kier alpha value is -0.770. The van der Waals surface area contributed by atoms with Gasteiger partial charge in [-0.3, -0.25) is 0 Å². The minimum atomic E-state index is -0.0707. The maximum atomic E-state index is 12.6. The van der Waals surface area contributed by atoms with Gasteiger partial charge in [-0.2, -0.15) is 0 Å². The standard InChI is InChI=1S/C15H29N3O/c1-2-11-18(15(12-16)9-5-6-10-15)14(19)17-13-7-3-4-8-13/h13H,2-12,16H2,1H3,(H,17,19). The number of nitrogens with one attached hydrogen (secondary N) is 1. The van der Waals surface area contributed by atoms with E-state index in [0.717, 1.165) is 38.6 Å². The predicted octanol–water partition coefficient (Wildman–Crippen LogP) is 2.62. The van der Waals surface area contributed by atoms with Crippen molar-refractivity contribution >= 4 is 6.03 Å². The average molecular weight is 267 g/mol. The zero-order chi connectivity index (χ0) is 13.7. The lowest BCUT2D eigenvalue weighted by Gasteiger charge is -2.41. The number of hydrogen-bond donors (Lipinski definition) is 2. The van der Waals surface area contributed by atoms with Gasteiger partial charge in [0, 0.05) is 19.1 Å². The third-order valence-electron chi connectivity index (χ3n) is 4.86. The maximum absolute atomic E-state index is 12.6. The average Bonchev–Trinajstić information content (AvgIpc) is 3.07. The summed E-state index contributed by atoms with van der Waals surface area (Å²) in [5.41, 5.74) is 5.95. The second-order valence-corrected chi connectivity index (χ2v) is 6.22. The zero-order valence-electron chi connectivity index (χ0n) is 12.3. The summed E-state index contributed by atoms with van der Waals surface area (Å²) in [6, 6.07) is 0.518. The Labute approximate surface area is 117 Å². The van der Waals surface area contributed by atoms with Gasteiger partial charge in [-0.25, -0.2) is 4.79 Å². The van der Waals surface area contributed by atoms with Crippen molar-refractivity contribution in [1.29, 1.82) is 0 Å². The molecular weight excluding hydrogens is 238 g/mol. The summed E-state index contributed by atoms with van der Waals surface area (Å²) in [5.74, 6) is 0. The van der Waals surface area contributed by atoms with Crippen LogP contribution in [0.3, 0.4) is 0 Å². The molecule has 19 heavy (non-hydrogen) atoms. The molecule has 0 atom stereocenters. The highest BCUT2D eigenvalue weighted by molar-refractivity contribution is 5.75. The molecule has 110 valence electrons. The second-order valence-electron chi connectivity index (χ2n) is 6.22. The van der Waals surface area contributed by atoms with Crippen LogP contribution in [0.2, 0.25) is 0 Å². The van der Waals surface area contributed by atoms with E-state index in [0.29, 0.717) is 12.6 Å². The van der Waals surface area contributed by atoms with Gasteiger partial charge in [-0.05, 0) is 32.1 Å². The van der Waals surface area contributed by atoms with E-state index in [9.17, 15) is 4.79 Å². The minimum absolute atomic E-state index is 0.0707. The van der Waals surface area contributed by atoms with Crippen molar-refractivity contribution in [2.75, 3.05) is 13.1 Å². The third kappa shape index (κ3) is 3.22. The molecule has 4 nitrogen and oxygen atoms in total. The number of rotatable bonds is 5. The number of hydrogen-bond acceptors (Lipinski definition) is 2. The highest BCUT2D eigenvalue weighted by atomic mass is 16.2. The van der Waals surface area contributed by atoms with Gasteiger partial charge < -0.3 is 16.0 Å². The van der Waals surface area contributed by atoms with E-state index in [-0.39, 0.29) is 11.6 Å². The highest BCUT2D eigenvalue weighted by Gasteiger charge is 2.41. The Bertz CT molecular complexity index is 294. The Balaban J connectivity index is 2.02. The van der Waals surface area contributed by atoms with E-state index in [1.807, 2.05) is 0 Å². The molecule has 2 fully saturated rings. The van der Waals surface area contributed by atoms with Crippen molar-refractivity contribution in [3.63, 3.8) is 0 Å². The van der Waals surface area contributed by atoms with Crippen LogP contribution < -0.4 is 11.1 Å². The lowest BCUT2D eigenvalue weighted by Crippen LogP contribution is -2.58. The fourth-order valence-corrected chi connectivity index (χ4v) is 3.72. The van der Waals surface area contributed by atoms with Crippen LogP contribution in [0.25, 0.3) is 0 Å². The van der Waals surface area contributed by atoms with Gasteiger partial charge in [-0.15, -0.1) is 0 Å². The number of nitrogens with zero attached hydrogens (tertiary/aromatic N) is 1. The molecule has 0 aromatic rings. The van der Waals surface area contributed by atoms with Crippen LogP contribution in [0.1, 0.15) is 64.7 Å².